The molecule has 1 aromatic rings. The molecule has 24 heavy (non-hydrogen) atoms. The first-order valence-electron chi connectivity index (χ1n) is 8.92. The molecule has 2 N–H and O–H groups in total. The van der Waals surface area contributed by atoms with Crippen LogP contribution in [0.25, 0.3) is 0 Å². The van der Waals surface area contributed by atoms with Crippen molar-refractivity contribution in [1.29, 1.82) is 0 Å². The molecule has 1 aliphatic heterocycles. The molecule has 1 atom stereocenters. The minimum Gasteiger partial charge on any atom is -0.472 e. The van der Waals surface area contributed by atoms with Crippen LogP contribution in [0.5, 0.6) is 0 Å². The van der Waals surface area contributed by atoms with Crippen LogP contribution in [0.1, 0.15) is 48.9 Å². The summed E-state index contributed by atoms with van der Waals surface area (Å²) in [7, 11) is 0. The van der Waals surface area contributed by atoms with E-state index in [4.69, 9.17) is 4.42 Å². The van der Waals surface area contributed by atoms with Gasteiger partial charge in [-0.1, -0.05) is 12.8 Å². The Morgan fingerprint density at radius 2 is 1.96 bits per heavy atom. The Hall–Kier alpha value is -1.82. The van der Waals surface area contributed by atoms with E-state index in [-0.39, 0.29) is 17.7 Å². The Morgan fingerprint density at radius 1 is 1.25 bits per heavy atom. The highest BCUT2D eigenvalue weighted by molar-refractivity contribution is 5.94. The Morgan fingerprint density at radius 3 is 2.58 bits per heavy atom. The third-order valence-corrected chi connectivity index (χ3v) is 5.35. The number of carbonyl (C=O) groups is 2. The molecule has 6 nitrogen and oxygen atoms in total. The van der Waals surface area contributed by atoms with Gasteiger partial charge in [-0.05, 0) is 37.7 Å². The van der Waals surface area contributed by atoms with E-state index >= 15 is 0 Å². The molecule has 3 rings (SSSR count). The van der Waals surface area contributed by atoms with Crippen LogP contribution in [0, 0.1) is 11.8 Å². The van der Waals surface area contributed by atoms with E-state index in [1.807, 2.05) is 0 Å². The predicted molar refractivity (Wildman–Crippen MR) is 88.3 cm³/mol. The van der Waals surface area contributed by atoms with Crippen molar-refractivity contribution in [3.05, 3.63) is 24.2 Å². The number of furan rings is 1. The quantitative estimate of drug-likeness (QED) is 0.860. The zero-order valence-electron chi connectivity index (χ0n) is 13.9. The molecular weight excluding hydrogens is 308 g/mol. The number of hydrogen-bond donors (Lipinski definition) is 2. The molecule has 0 bridgehead atoms. The number of amides is 2. The molecule has 0 aromatic carbocycles. The summed E-state index contributed by atoms with van der Waals surface area (Å²) in [6.45, 7) is 1.50. The molecule has 1 aromatic heterocycles. The second-order valence-electron chi connectivity index (χ2n) is 6.94. The summed E-state index contributed by atoms with van der Waals surface area (Å²) in [5.74, 6) is 0.218. The van der Waals surface area contributed by atoms with Crippen molar-refractivity contribution >= 4 is 11.8 Å². The van der Waals surface area contributed by atoms with Crippen LogP contribution in [-0.2, 0) is 4.79 Å². The highest BCUT2D eigenvalue weighted by atomic mass is 16.3. The fourth-order valence-electron chi connectivity index (χ4n) is 3.77. The first-order valence-corrected chi connectivity index (χ1v) is 8.92. The fourth-order valence-corrected chi connectivity index (χ4v) is 3.77. The van der Waals surface area contributed by atoms with Crippen LogP contribution in [0.2, 0.25) is 0 Å². The number of hydrogen-bond acceptors (Lipinski definition) is 4. The molecular formula is C18H26N2O4. The van der Waals surface area contributed by atoms with E-state index in [0.29, 0.717) is 44.0 Å². The van der Waals surface area contributed by atoms with Gasteiger partial charge in [0.2, 0.25) is 5.91 Å². The van der Waals surface area contributed by atoms with Gasteiger partial charge >= 0.3 is 0 Å². The minimum atomic E-state index is -0.431. The maximum absolute atomic E-state index is 12.3. The fraction of sp³-hybridized carbons (Fsp3) is 0.667. The molecule has 2 fully saturated rings. The molecule has 0 radical (unpaired) electrons. The van der Waals surface area contributed by atoms with Crippen LogP contribution in [0.15, 0.2) is 23.0 Å². The molecule has 2 amide bonds. The SMILES string of the molecule is O=C(NCC(O)C1CCCC1)C1CCN(C(=O)c2ccoc2)CC1. The lowest BCUT2D eigenvalue weighted by Crippen LogP contribution is -2.44. The van der Waals surface area contributed by atoms with Crippen LogP contribution >= 0.6 is 0 Å². The molecule has 1 unspecified atom stereocenters. The summed E-state index contributed by atoms with van der Waals surface area (Å²) in [5, 5.41) is 13.0. The Bertz CT molecular complexity index is 543. The summed E-state index contributed by atoms with van der Waals surface area (Å²) < 4.78 is 4.95. The van der Waals surface area contributed by atoms with Gasteiger partial charge in [-0.25, -0.2) is 0 Å². The van der Waals surface area contributed by atoms with E-state index < -0.39 is 6.10 Å². The average Bonchev–Trinajstić information content (AvgIpc) is 3.32. The van der Waals surface area contributed by atoms with Gasteiger partial charge in [0.15, 0.2) is 0 Å². The van der Waals surface area contributed by atoms with Gasteiger partial charge in [-0.3, -0.25) is 9.59 Å². The first-order chi connectivity index (χ1) is 11.6. The number of likely N-dealkylation sites (tertiary alicyclic amines) is 1. The number of piperidine rings is 1. The van der Waals surface area contributed by atoms with Crippen molar-refractivity contribution in [2.24, 2.45) is 11.8 Å². The van der Waals surface area contributed by atoms with Crippen molar-refractivity contribution in [3.63, 3.8) is 0 Å². The number of aliphatic hydroxyl groups excluding tert-OH is 1. The zero-order valence-corrected chi connectivity index (χ0v) is 13.9. The number of nitrogens with one attached hydrogen (secondary N) is 1. The minimum absolute atomic E-state index is 0.00228. The van der Waals surface area contributed by atoms with E-state index in [1.165, 1.54) is 25.4 Å². The van der Waals surface area contributed by atoms with Crippen LogP contribution in [0.3, 0.4) is 0 Å². The average molecular weight is 334 g/mol. The number of nitrogens with zero attached hydrogens (tertiary/aromatic N) is 1. The molecule has 132 valence electrons. The summed E-state index contributed by atoms with van der Waals surface area (Å²) in [4.78, 5) is 26.3. The standard InChI is InChI=1S/C18H26N2O4/c21-16(13-3-1-2-4-13)11-19-17(22)14-5-8-20(9-6-14)18(23)15-7-10-24-12-15/h7,10,12-14,16,21H,1-6,8-9,11H2,(H,19,22). The monoisotopic (exact) mass is 334 g/mol. The first kappa shape index (κ1) is 17.0. The van der Waals surface area contributed by atoms with Gasteiger partial charge in [0, 0.05) is 25.6 Å². The molecule has 0 spiro atoms. The highest BCUT2D eigenvalue weighted by Crippen LogP contribution is 2.27. The lowest BCUT2D eigenvalue weighted by molar-refractivity contribution is -0.126. The van der Waals surface area contributed by atoms with E-state index in [1.54, 1.807) is 11.0 Å². The topological polar surface area (TPSA) is 82.8 Å². The molecule has 2 aliphatic rings. The van der Waals surface area contributed by atoms with Crippen molar-refractivity contribution < 1.29 is 19.1 Å². The smallest absolute Gasteiger partial charge is 0.257 e. The van der Waals surface area contributed by atoms with Crippen molar-refractivity contribution in [2.45, 2.75) is 44.6 Å². The van der Waals surface area contributed by atoms with Crippen molar-refractivity contribution in [2.75, 3.05) is 19.6 Å². The Kier molecular flexibility index (Phi) is 5.56. The van der Waals surface area contributed by atoms with Crippen molar-refractivity contribution in [3.8, 4) is 0 Å². The maximum atomic E-state index is 12.3. The Balaban J connectivity index is 1.41. The molecule has 1 aliphatic carbocycles. The molecule has 1 saturated carbocycles. The predicted octanol–water partition coefficient (Wildman–Crippen LogP) is 1.80. The van der Waals surface area contributed by atoms with Crippen LogP contribution in [-0.4, -0.2) is 47.6 Å². The zero-order chi connectivity index (χ0) is 16.9. The van der Waals surface area contributed by atoms with Gasteiger partial charge in [-0.15, -0.1) is 0 Å². The molecule has 1 saturated heterocycles. The normalized spacial score (nSPS) is 21.0. The van der Waals surface area contributed by atoms with E-state index in [9.17, 15) is 14.7 Å². The van der Waals surface area contributed by atoms with Crippen LogP contribution < -0.4 is 5.32 Å². The largest absolute Gasteiger partial charge is 0.472 e. The van der Waals surface area contributed by atoms with Gasteiger partial charge in [-0.2, -0.15) is 0 Å². The third kappa shape index (κ3) is 3.98. The lowest BCUT2D eigenvalue weighted by Gasteiger charge is -2.31. The van der Waals surface area contributed by atoms with Gasteiger partial charge in [0.25, 0.3) is 5.91 Å². The summed E-state index contributed by atoms with van der Waals surface area (Å²) in [6.07, 6.45) is 8.31. The van der Waals surface area contributed by atoms with E-state index in [2.05, 4.69) is 5.32 Å². The summed E-state index contributed by atoms with van der Waals surface area (Å²) >= 11 is 0. The lowest BCUT2D eigenvalue weighted by atomic mass is 9.95. The second-order valence-corrected chi connectivity index (χ2v) is 6.94. The second kappa shape index (κ2) is 7.83. The van der Waals surface area contributed by atoms with E-state index in [0.717, 1.165) is 12.8 Å². The number of aliphatic hydroxyl groups is 1. The number of carbonyl (C=O) groups excluding carboxylic acids is 2. The highest BCUT2D eigenvalue weighted by Gasteiger charge is 2.29. The third-order valence-electron chi connectivity index (χ3n) is 5.35. The summed E-state index contributed by atoms with van der Waals surface area (Å²) in [5.41, 5.74) is 0.553. The molecule has 2 heterocycles. The van der Waals surface area contributed by atoms with Crippen LogP contribution in [0.4, 0.5) is 0 Å². The number of rotatable bonds is 5. The Labute approximate surface area is 142 Å². The molecule has 6 heteroatoms. The van der Waals surface area contributed by atoms with Gasteiger partial charge in [0.1, 0.15) is 6.26 Å². The van der Waals surface area contributed by atoms with Gasteiger partial charge in [0.05, 0.1) is 17.9 Å². The maximum Gasteiger partial charge on any atom is 0.257 e. The van der Waals surface area contributed by atoms with Gasteiger partial charge < -0.3 is 19.7 Å². The summed E-state index contributed by atoms with van der Waals surface area (Å²) in [6, 6.07) is 1.66. The van der Waals surface area contributed by atoms with Crippen molar-refractivity contribution in [1.82, 2.24) is 10.2 Å².